The van der Waals surface area contributed by atoms with E-state index in [2.05, 4.69) is 0 Å². The van der Waals surface area contributed by atoms with Crippen molar-refractivity contribution >= 4 is 23.4 Å². The van der Waals surface area contributed by atoms with Crippen molar-refractivity contribution < 1.29 is 14.0 Å². The van der Waals surface area contributed by atoms with Crippen molar-refractivity contribution in [2.75, 3.05) is 26.2 Å². The molecule has 170 valence electrons. The Labute approximate surface area is 196 Å². The van der Waals surface area contributed by atoms with Crippen molar-refractivity contribution in [3.63, 3.8) is 0 Å². The summed E-state index contributed by atoms with van der Waals surface area (Å²) in [5.41, 5.74) is 4.72. The molecule has 0 N–H and O–H groups in total. The number of rotatable bonds is 3. The second kappa shape index (κ2) is 8.63. The number of aryl methyl sites for hydroxylation is 1. The Morgan fingerprint density at radius 3 is 2.30 bits per heavy atom. The minimum atomic E-state index is -0.597. The van der Waals surface area contributed by atoms with E-state index in [9.17, 15) is 14.0 Å². The molecule has 1 saturated heterocycles. The van der Waals surface area contributed by atoms with Crippen molar-refractivity contribution in [3.05, 3.63) is 81.4 Å². The molecular weight excluding hydrogens is 443 g/mol. The van der Waals surface area contributed by atoms with Crippen LogP contribution in [0, 0.1) is 12.7 Å². The van der Waals surface area contributed by atoms with Gasteiger partial charge in [0.15, 0.2) is 5.69 Å². The molecule has 1 aliphatic carbocycles. The zero-order valence-electron chi connectivity index (χ0n) is 18.4. The minimum absolute atomic E-state index is 0.0445. The Morgan fingerprint density at radius 2 is 1.61 bits per heavy atom. The molecule has 6 nitrogen and oxygen atoms in total. The van der Waals surface area contributed by atoms with E-state index in [1.54, 1.807) is 9.80 Å². The van der Waals surface area contributed by atoms with Crippen LogP contribution in [-0.2, 0) is 12.8 Å². The summed E-state index contributed by atoms with van der Waals surface area (Å²) in [6.45, 7) is 3.45. The lowest BCUT2D eigenvalue weighted by molar-refractivity contribution is 0.0529. The molecule has 5 rings (SSSR count). The van der Waals surface area contributed by atoms with Gasteiger partial charge in [0.2, 0.25) is 0 Å². The average molecular weight is 467 g/mol. The Hall–Kier alpha value is -3.19. The van der Waals surface area contributed by atoms with Gasteiger partial charge < -0.3 is 9.80 Å². The molecule has 2 aliphatic rings. The maximum Gasteiger partial charge on any atom is 0.274 e. The Morgan fingerprint density at radius 1 is 0.939 bits per heavy atom. The molecule has 2 aromatic carbocycles. The van der Waals surface area contributed by atoms with Crippen LogP contribution in [0.15, 0.2) is 42.5 Å². The van der Waals surface area contributed by atoms with Crippen LogP contribution in [-0.4, -0.2) is 57.6 Å². The predicted octanol–water partition coefficient (Wildman–Crippen LogP) is 4.06. The molecule has 0 bridgehead atoms. The number of benzene rings is 2. The highest BCUT2D eigenvalue weighted by Crippen LogP contribution is 2.29. The average Bonchev–Trinajstić information content (AvgIpc) is 3.44. The number of halogens is 2. The first kappa shape index (κ1) is 21.6. The molecule has 0 atom stereocenters. The van der Waals surface area contributed by atoms with E-state index >= 15 is 0 Å². The lowest BCUT2D eigenvalue weighted by Gasteiger charge is -2.34. The normalized spacial score (nSPS) is 15.6. The fourth-order valence-corrected chi connectivity index (χ4v) is 4.77. The predicted molar refractivity (Wildman–Crippen MR) is 124 cm³/mol. The van der Waals surface area contributed by atoms with Crippen LogP contribution in [0.4, 0.5) is 4.39 Å². The van der Waals surface area contributed by atoms with Gasteiger partial charge in [0.25, 0.3) is 11.8 Å². The molecule has 33 heavy (non-hydrogen) atoms. The van der Waals surface area contributed by atoms with E-state index in [1.807, 2.05) is 35.9 Å². The van der Waals surface area contributed by atoms with Gasteiger partial charge in [-0.2, -0.15) is 5.10 Å². The Balaban J connectivity index is 1.33. The molecule has 2 heterocycles. The van der Waals surface area contributed by atoms with Crippen LogP contribution in [0.2, 0.25) is 5.02 Å². The summed E-state index contributed by atoms with van der Waals surface area (Å²) in [6.07, 6.45) is 2.75. The second-order valence-electron chi connectivity index (χ2n) is 8.58. The summed E-state index contributed by atoms with van der Waals surface area (Å²) in [6, 6.07) is 12.1. The van der Waals surface area contributed by atoms with E-state index in [0.29, 0.717) is 36.9 Å². The summed E-state index contributed by atoms with van der Waals surface area (Å²) >= 11 is 5.93. The van der Waals surface area contributed by atoms with Crippen molar-refractivity contribution in [1.82, 2.24) is 19.6 Å². The molecule has 1 aliphatic heterocycles. The Kier molecular flexibility index (Phi) is 5.66. The molecule has 1 aromatic heterocycles. The van der Waals surface area contributed by atoms with Gasteiger partial charge in [-0.25, -0.2) is 9.07 Å². The topological polar surface area (TPSA) is 58.4 Å². The number of piperazine rings is 1. The minimum Gasteiger partial charge on any atom is -0.335 e. The van der Waals surface area contributed by atoms with Crippen molar-refractivity contribution in [2.45, 2.75) is 26.2 Å². The third kappa shape index (κ3) is 4.02. The second-order valence-corrected chi connectivity index (χ2v) is 9.02. The number of hydrogen-bond donors (Lipinski definition) is 0. The molecular formula is C25H24ClFN4O2. The zero-order valence-corrected chi connectivity index (χ0v) is 19.1. The summed E-state index contributed by atoms with van der Waals surface area (Å²) in [4.78, 5) is 29.4. The monoisotopic (exact) mass is 466 g/mol. The number of hydrogen-bond acceptors (Lipinski definition) is 3. The first-order valence-corrected chi connectivity index (χ1v) is 11.5. The fraction of sp³-hybridized carbons (Fsp3) is 0.320. The molecule has 0 unspecified atom stereocenters. The summed E-state index contributed by atoms with van der Waals surface area (Å²) < 4.78 is 16.0. The molecule has 0 saturated carbocycles. The van der Waals surface area contributed by atoms with E-state index in [4.69, 9.17) is 16.7 Å². The van der Waals surface area contributed by atoms with Gasteiger partial charge in [-0.3, -0.25) is 9.59 Å². The molecule has 0 radical (unpaired) electrons. The van der Waals surface area contributed by atoms with Crippen molar-refractivity contribution in [1.29, 1.82) is 0 Å². The lowest BCUT2D eigenvalue weighted by Crippen LogP contribution is -2.51. The van der Waals surface area contributed by atoms with E-state index in [0.717, 1.165) is 36.2 Å². The molecule has 2 amide bonds. The van der Waals surface area contributed by atoms with Crippen LogP contribution >= 0.6 is 11.6 Å². The first-order chi connectivity index (χ1) is 15.9. The molecule has 3 aromatic rings. The van der Waals surface area contributed by atoms with E-state index < -0.39 is 11.7 Å². The standard InChI is InChI=1S/C25H24ClFN4O2/c1-16-5-8-18(9-6-16)31-22-4-2-3-19(22)23(28-31)25(33)30-13-11-29(12-14-30)24(32)20-15-17(26)7-10-21(20)27/h5-10,15H,2-4,11-14H2,1H3. The number of nitrogens with zero attached hydrogens (tertiary/aromatic N) is 4. The van der Waals surface area contributed by atoms with Crippen LogP contribution in [0.3, 0.4) is 0 Å². The number of aromatic nitrogens is 2. The van der Waals surface area contributed by atoms with Crippen molar-refractivity contribution in [2.24, 2.45) is 0 Å². The van der Waals surface area contributed by atoms with E-state index in [1.165, 1.54) is 23.8 Å². The molecule has 0 spiro atoms. The third-order valence-electron chi connectivity index (χ3n) is 6.42. The highest BCUT2D eigenvalue weighted by molar-refractivity contribution is 6.31. The largest absolute Gasteiger partial charge is 0.335 e. The van der Waals surface area contributed by atoms with Gasteiger partial charge in [0.05, 0.1) is 11.3 Å². The van der Waals surface area contributed by atoms with Crippen LogP contribution in [0.5, 0.6) is 0 Å². The highest BCUT2D eigenvalue weighted by Gasteiger charge is 2.32. The van der Waals surface area contributed by atoms with Gasteiger partial charge in [0.1, 0.15) is 5.82 Å². The number of carbonyl (C=O) groups excluding carboxylic acids is 2. The molecule has 8 heteroatoms. The van der Waals surface area contributed by atoms with Gasteiger partial charge in [-0.05, 0) is 56.5 Å². The number of amides is 2. The number of carbonyl (C=O) groups is 2. The summed E-state index contributed by atoms with van der Waals surface area (Å²) in [5.74, 6) is -1.12. The summed E-state index contributed by atoms with van der Waals surface area (Å²) in [7, 11) is 0. The summed E-state index contributed by atoms with van der Waals surface area (Å²) in [5, 5.41) is 5.02. The molecule has 1 fully saturated rings. The zero-order chi connectivity index (χ0) is 23.1. The van der Waals surface area contributed by atoms with Gasteiger partial charge in [-0.15, -0.1) is 0 Å². The van der Waals surface area contributed by atoms with Crippen LogP contribution in [0.25, 0.3) is 5.69 Å². The lowest BCUT2D eigenvalue weighted by atomic mass is 10.1. The maximum atomic E-state index is 14.1. The smallest absolute Gasteiger partial charge is 0.274 e. The maximum absolute atomic E-state index is 14.1. The quantitative estimate of drug-likeness (QED) is 0.585. The third-order valence-corrected chi connectivity index (χ3v) is 6.66. The Bertz CT molecular complexity index is 1230. The SMILES string of the molecule is Cc1ccc(-n2nc(C(=O)N3CCN(C(=O)c4cc(Cl)ccc4F)CC3)c3c2CCC3)cc1. The number of fused-ring (bicyclic) bond motifs is 1. The first-order valence-electron chi connectivity index (χ1n) is 11.1. The highest BCUT2D eigenvalue weighted by atomic mass is 35.5. The van der Waals surface area contributed by atoms with Crippen molar-refractivity contribution in [3.8, 4) is 5.69 Å². The van der Waals surface area contributed by atoms with Gasteiger partial charge in [0, 0.05) is 42.5 Å². The van der Waals surface area contributed by atoms with Crippen LogP contribution < -0.4 is 0 Å². The van der Waals surface area contributed by atoms with Crippen LogP contribution in [0.1, 0.15) is 44.1 Å². The van der Waals surface area contributed by atoms with Gasteiger partial charge >= 0.3 is 0 Å². The van der Waals surface area contributed by atoms with Gasteiger partial charge in [-0.1, -0.05) is 29.3 Å². The van der Waals surface area contributed by atoms with E-state index in [-0.39, 0.29) is 11.5 Å². The fourth-order valence-electron chi connectivity index (χ4n) is 4.60.